The minimum absolute atomic E-state index is 0.0409. The maximum atomic E-state index is 5.46. The van der Waals surface area contributed by atoms with E-state index in [0.29, 0.717) is 0 Å². The highest BCUT2D eigenvalue weighted by Gasteiger charge is 2.20. The standard InChI is InChI=1S/C19H22N2OS2/c1-19(2,10-14-6-4-5-7-17(14)22-3)20-11-16-13-24-18(21-16)15-8-9-23-12-15/h4-9,12-13,20H,10-11H2,1-3H3. The Balaban J connectivity index is 1.63. The Labute approximate surface area is 151 Å². The predicted molar refractivity (Wildman–Crippen MR) is 103 cm³/mol. The molecule has 1 N–H and O–H groups in total. The van der Waals surface area contributed by atoms with Gasteiger partial charge in [-0.1, -0.05) is 18.2 Å². The number of methoxy groups -OCH3 is 1. The van der Waals surface area contributed by atoms with Crippen molar-refractivity contribution in [3.63, 3.8) is 0 Å². The molecule has 2 heterocycles. The van der Waals surface area contributed by atoms with Gasteiger partial charge in [-0.3, -0.25) is 0 Å². The van der Waals surface area contributed by atoms with Gasteiger partial charge in [0.2, 0.25) is 0 Å². The first-order valence-corrected chi connectivity index (χ1v) is 9.73. The van der Waals surface area contributed by atoms with Crippen molar-refractivity contribution in [1.29, 1.82) is 0 Å². The molecule has 0 fully saturated rings. The lowest BCUT2D eigenvalue weighted by Crippen LogP contribution is -2.40. The van der Waals surface area contributed by atoms with Gasteiger partial charge in [-0.15, -0.1) is 11.3 Å². The monoisotopic (exact) mass is 358 g/mol. The number of rotatable bonds is 7. The van der Waals surface area contributed by atoms with E-state index in [1.165, 1.54) is 11.1 Å². The fourth-order valence-corrected chi connectivity index (χ4v) is 4.16. The maximum absolute atomic E-state index is 5.46. The summed E-state index contributed by atoms with van der Waals surface area (Å²) in [6, 6.07) is 10.3. The summed E-state index contributed by atoms with van der Waals surface area (Å²) in [6.45, 7) is 5.19. The van der Waals surface area contributed by atoms with Crippen LogP contribution in [0.2, 0.25) is 0 Å². The SMILES string of the molecule is COc1ccccc1CC(C)(C)NCc1csc(-c2ccsc2)n1. The number of thiazole rings is 1. The lowest BCUT2D eigenvalue weighted by Gasteiger charge is -2.27. The van der Waals surface area contributed by atoms with Crippen LogP contribution in [0.5, 0.6) is 5.75 Å². The number of hydrogen-bond acceptors (Lipinski definition) is 5. The molecule has 2 aromatic heterocycles. The average Bonchev–Trinajstić information content (AvgIpc) is 3.24. The molecule has 126 valence electrons. The van der Waals surface area contributed by atoms with Crippen LogP contribution in [0.4, 0.5) is 0 Å². The summed E-state index contributed by atoms with van der Waals surface area (Å²) >= 11 is 3.41. The van der Waals surface area contributed by atoms with Gasteiger partial charge in [0, 0.05) is 28.4 Å². The normalized spacial score (nSPS) is 11.6. The molecule has 0 aliphatic rings. The molecule has 0 saturated carbocycles. The summed E-state index contributed by atoms with van der Waals surface area (Å²) < 4.78 is 5.46. The number of thiophene rings is 1. The van der Waals surface area contributed by atoms with Gasteiger partial charge < -0.3 is 10.1 Å². The van der Waals surface area contributed by atoms with Crippen molar-refractivity contribution >= 4 is 22.7 Å². The predicted octanol–water partition coefficient (Wildman–Crippen LogP) is 4.99. The van der Waals surface area contributed by atoms with E-state index in [-0.39, 0.29) is 5.54 Å². The van der Waals surface area contributed by atoms with Gasteiger partial charge in [0.05, 0.1) is 12.8 Å². The van der Waals surface area contributed by atoms with E-state index < -0.39 is 0 Å². The Bertz CT molecular complexity index is 778. The van der Waals surface area contributed by atoms with Gasteiger partial charge in [-0.2, -0.15) is 11.3 Å². The van der Waals surface area contributed by atoms with E-state index in [1.54, 1.807) is 29.8 Å². The second-order valence-electron chi connectivity index (χ2n) is 6.38. The van der Waals surface area contributed by atoms with Crippen LogP contribution in [0.3, 0.4) is 0 Å². The lowest BCUT2D eigenvalue weighted by molar-refractivity contribution is 0.366. The zero-order valence-corrected chi connectivity index (χ0v) is 15.8. The smallest absolute Gasteiger partial charge is 0.124 e. The largest absolute Gasteiger partial charge is 0.496 e. The summed E-state index contributed by atoms with van der Waals surface area (Å²) in [7, 11) is 1.72. The van der Waals surface area contributed by atoms with E-state index in [2.05, 4.69) is 53.5 Å². The molecule has 24 heavy (non-hydrogen) atoms. The zero-order chi connectivity index (χ0) is 17.0. The topological polar surface area (TPSA) is 34.1 Å². The second-order valence-corrected chi connectivity index (χ2v) is 8.02. The number of hydrogen-bond donors (Lipinski definition) is 1. The van der Waals surface area contributed by atoms with E-state index >= 15 is 0 Å². The number of para-hydroxylation sites is 1. The number of ether oxygens (including phenoxy) is 1. The molecular formula is C19H22N2OS2. The molecule has 3 nitrogen and oxygen atoms in total. The molecule has 0 amide bonds. The molecule has 3 rings (SSSR count). The Morgan fingerprint density at radius 2 is 2.00 bits per heavy atom. The minimum atomic E-state index is -0.0409. The third-order valence-electron chi connectivity index (χ3n) is 3.89. The highest BCUT2D eigenvalue weighted by atomic mass is 32.1. The van der Waals surface area contributed by atoms with Crippen LogP contribution < -0.4 is 10.1 Å². The van der Waals surface area contributed by atoms with Crippen LogP contribution in [0.25, 0.3) is 10.6 Å². The van der Waals surface area contributed by atoms with Crippen LogP contribution in [-0.4, -0.2) is 17.6 Å². The Hall–Kier alpha value is -1.69. The number of nitrogens with one attached hydrogen (secondary N) is 1. The van der Waals surface area contributed by atoms with Crippen LogP contribution in [0.1, 0.15) is 25.1 Å². The van der Waals surface area contributed by atoms with Crippen LogP contribution in [0, 0.1) is 0 Å². The first kappa shape index (κ1) is 17.1. The Morgan fingerprint density at radius 3 is 2.75 bits per heavy atom. The van der Waals surface area contributed by atoms with Gasteiger partial charge in [-0.05, 0) is 43.3 Å². The highest BCUT2D eigenvalue weighted by Crippen LogP contribution is 2.26. The van der Waals surface area contributed by atoms with Crippen molar-refractivity contribution < 1.29 is 4.74 Å². The van der Waals surface area contributed by atoms with Crippen molar-refractivity contribution in [2.75, 3.05) is 7.11 Å². The minimum Gasteiger partial charge on any atom is -0.496 e. The lowest BCUT2D eigenvalue weighted by atomic mass is 9.94. The van der Waals surface area contributed by atoms with Crippen LogP contribution in [-0.2, 0) is 13.0 Å². The maximum Gasteiger partial charge on any atom is 0.124 e. The molecule has 0 spiro atoms. The third kappa shape index (κ3) is 4.23. The fourth-order valence-electron chi connectivity index (χ4n) is 2.62. The molecule has 0 radical (unpaired) electrons. The average molecular weight is 359 g/mol. The summed E-state index contributed by atoms with van der Waals surface area (Å²) in [6.07, 6.45) is 0.901. The summed E-state index contributed by atoms with van der Waals surface area (Å²) in [4.78, 5) is 4.73. The molecule has 5 heteroatoms. The molecule has 0 aliphatic heterocycles. The van der Waals surface area contributed by atoms with Gasteiger partial charge in [0.25, 0.3) is 0 Å². The van der Waals surface area contributed by atoms with E-state index in [4.69, 9.17) is 9.72 Å². The van der Waals surface area contributed by atoms with Crippen LogP contribution >= 0.6 is 22.7 Å². The zero-order valence-electron chi connectivity index (χ0n) is 14.2. The van der Waals surface area contributed by atoms with Gasteiger partial charge in [0.1, 0.15) is 10.8 Å². The van der Waals surface area contributed by atoms with Crippen molar-refractivity contribution in [2.24, 2.45) is 0 Å². The van der Waals surface area contributed by atoms with Gasteiger partial charge in [-0.25, -0.2) is 4.98 Å². The van der Waals surface area contributed by atoms with Crippen molar-refractivity contribution in [1.82, 2.24) is 10.3 Å². The first-order valence-electron chi connectivity index (χ1n) is 7.91. The number of benzene rings is 1. The molecule has 0 bridgehead atoms. The molecular weight excluding hydrogens is 336 g/mol. The van der Waals surface area contributed by atoms with Crippen molar-refractivity contribution in [2.45, 2.75) is 32.4 Å². The molecule has 0 unspecified atom stereocenters. The van der Waals surface area contributed by atoms with E-state index in [0.717, 1.165) is 29.4 Å². The Kier molecular flexibility index (Phi) is 5.33. The van der Waals surface area contributed by atoms with Gasteiger partial charge >= 0.3 is 0 Å². The van der Waals surface area contributed by atoms with E-state index in [1.807, 2.05) is 12.1 Å². The second kappa shape index (κ2) is 7.47. The molecule has 0 saturated heterocycles. The van der Waals surface area contributed by atoms with E-state index in [9.17, 15) is 0 Å². The van der Waals surface area contributed by atoms with Crippen LogP contribution in [0.15, 0.2) is 46.5 Å². The summed E-state index contributed by atoms with van der Waals surface area (Å²) in [5, 5.41) is 11.1. The van der Waals surface area contributed by atoms with Crippen molar-refractivity contribution in [3.05, 3.63) is 57.7 Å². The number of aromatic nitrogens is 1. The highest BCUT2D eigenvalue weighted by molar-refractivity contribution is 7.14. The molecule has 1 aromatic carbocycles. The number of nitrogens with zero attached hydrogens (tertiary/aromatic N) is 1. The van der Waals surface area contributed by atoms with Gasteiger partial charge in [0.15, 0.2) is 0 Å². The fraction of sp³-hybridized carbons (Fsp3) is 0.316. The first-order chi connectivity index (χ1) is 11.6. The molecule has 3 aromatic rings. The third-order valence-corrected chi connectivity index (χ3v) is 5.52. The van der Waals surface area contributed by atoms with Crippen molar-refractivity contribution in [3.8, 4) is 16.3 Å². The summed E-state index contributed by atoms with van der Waals surface area (Å²) in [5.41, 5.74) is 3.48. The quantitative estimate of drug-likeness (QED) is 0.646. The summed E-state index contributed by atoms with van der Waals surface area (Å²) in [5.74, 6) is 0.945. The molecule has 0 aliphatic carbocycles. The molecule has 0 atom stereocenters. The Morgan fingerprint density at radius 1 is 1.17 bits per heavy atom.